The van der Waals surface area contributed by atoms with E-state index in [4.69, 9.17) is 23.8 Å². The van der Waals surface area contributed by atoms with Crippen molar-refractivity contribution in [1.29, 1.82) is 0 Å². The van der Waals surface area contributed by atoms with Gasteiger partial charge in [0, 0.05) is 25.7 Å². The van der Waals surface area contributed by atoms with Crippen molar-refractivity contribution < 1.29 is 41.8 Å². The summed E-state index contributed by atoms with van der Waals surface area (Å²) in [4.78, 5) is 27.7. The minimum absolute atomic E-state index is 0.0529. The standard InChI is InChI=1S/C20H24N2O4.C2HF3O2/c23-19(11-17-6-3-10-24-17)22-9-4-7-20(15-22)12-18(14-26-20)25-13-16-5-1-2-8-21-16;3-2(4,5)1(6)7/h1-3,5-6,8,10,18H,4,7,9,11-15H2;(H,6,7)/t18-,20-;/m0./s1. The van der Waals surface area contributed by atoms with Crippen molar-refractivity contribution in [3.8, 4) is 0 Å². The maximum Gasteiger partial charge on any atom is 0.490 e. The van der Waals surface area contributed by atoms with Crippen molar-refractivity contribution in [3.63, 3.8) is 0 Å². The number of alkyl halides is 3. The van der Waals surface area contributed by atoms with Crippen LogP contribution in [0.4, 0.5) is 13.2 Å². The third kappa shape index (κ3) is 7.29. The van der Waals surface area contributed by atoms with E-state index >= 15 is 0 Å². The Hall–Kier alpha value is -2.92. The summed E-state index contributed by atoms with van der Waals surface area (Å²) in [7, 11) is 0. The summed E-state index contributed by atoms with van der Waals surface area (Å²) < 4.78 is 49.2. The third-order valence-electron chi connectivity index (χ3n) is 5.41. The maximum absolute atomic E-state index is 12.6. The van der Waals surface area contributed by atoms with Gasteiger partial charge >= 0.3 is 12.1 Å². The van der Waals surface area contributed by atoms with Gasteiger partial charge in [0.1, 0.15) is 5.76 Å². The first kappa shape index (κ1) is 24.7. The molecule has 4 rings (SSSR count). The number of amides is 1. The third-order valence-corrected chi connectivity index (χ3v) is 5.41. The number of carbonyl (C=O) groups is 2. The molecule has 180 valence electrons. The van der Waals surface area contributed by atoms with Crippen LogP contribution < -0.4 is 0 Å². The van der Waals surface area contributed by atoms with E-state index < -0.39 is 12.1 Å². The molecule has 2 saturated heterocycles. The number of piperidine rings is 1. The highest BCUT2D eigenvalue weighted by molar-refractivity contribution is 5.78. The zero-order chi connectivity index (χ0) is 23.9. The molecule has 2 atom stereocenters. The molecule has 2 aliphatic heterocycles. The van der Waals surface area contributed by atoms with E-state index in [9.17, 15) is 18.0 Å². The molecule has 0 radical (unpaired) electrons. The van der Waals surface area contributed by atoms with Crippen molar-refractivity contribution in [3.05, 3.63) is 54.2 Å². The van der Waals surface area contributed by atoms with Crippen LogP contribution in [0.3, 0.4) is 0 Å². The van der Waals surface area contributed by atoms with Crippen molar-refractivity contribution in [2.45, 2.75) is 50.2 Å². The van der Waals surface area contributed by atoms with Crippen molar-refractivity contribution in [1.82, 2.24) is 9.88 Å². The summed E-state index contributed by atoms with van der Waals surface area (Å²) in [5.74, 6) is -1.95. The maximum atomic E-state index is 12.6. The van der Waals surface area contributed by atoms with Gasteiger partial charge in [-0.1, -0.05) is 6.07 Å². The van der Waals surface area contributed by atoms with Gasteiger partial charge in [-0.25, -0.2) is 4.79 Å². The van der Waals surface area contributed by atoms with Crippen LogP contribution in [-0.2, 0) is 32.1 Å². The number of nitrogens with zero attached hydrogens (tertiary/aromatic N) is 2. The largest absolute Gasteiger partial charge is 0.490 e. The number of carbonyl (C=O) groups excluding carboxylic acids is 1. The van der Waals surface area contributed by atoms with Gasteiger partial charge in [-0.3, -0.25) is 9.78 Å². The molecule has 1 amide bonds. The predicted octanol–water partition coefficient (Wildman–Crippen LogP) is 3.22. The van der Waals surface area contributed by atoms with Gasteiger partial charge < -0.3 is 23.9 Å². The van der Waals surface area contributed by atoms with Crippen molar-refractivity contribution in [2.24, 2.45) is 0 Å². The summed E-state index contributed by atoms with van der Waals surface area (Å²) in [6.07, 6.45) is 1.40. The summed E-state index contributed by atoms with van der Waals surface area (Å²) in [6, 6.07) is 9.46. The number of likely N-dealkylation sites (tertiary alicyclic amines) is 1. The SMILES string of the molecule is O=C(Cc1ccco1)N1CCC[C@]2(C[C@H](OCc3ccccn3)CO2)C1.O=C(O)C(F)(F)F. The lowest BCUT2D eigenvalue weighted by Gasteiger charge is -2.39. The first-order valence-electron chi connectivity index (χ1n) is 10.4. The Balaban J connectivity index is 0.000000383. The minimum Gasteiger partial charge on any atom is -0.475 e. The van der Waals surface area contributed by atoms with Crippen LogP contribution in [0.25, 0.3) is 0 Å². The quantitative estimate of drug-likeness (QED) is 0.716. The van der Waals surface area contributed by atoms with E-state index in [2.05, 4.69) is 4.98 Å². The number of furan rings is 1. The molecule has 4 heterocycles. The highest BCUT2D eigenvalue weighted by Gasteiger charge is 2.45. The van der Waals surface area contributed by atoms with E-state index in [1.54, 1.807) is 12.5 Å². The smallest absolute Gasteiger partial charge is 0.475 e. The molecule has 1 spiro atoms. The van der Waals surface area contributed by atoms with Crippen LogP contribution in [0.15, 0.2) is 47.2 Å². The normalized spacial score (nSPS) is 22.6. The Morgan fingerprint density at radius 2 is 2.06 bits per heavy atom. The monoisotopic (exact) mass is 470 g/mol. The first-order chi connectivity index (χ1) is 15.7. The molecular weight excluding hydrogens is 445 g/mol. The van der Waals surface area contributed by atoms with E-state index in [-0.39, 0.29) is 17.6 Å². The summed E-state index contributed by atoms with van der Waals surface area (Å²) >= 11 is 0. The van der Waals surface area contributed by atoms with Crippen molar-refractivity contribution in [2.75, 3.05) is 19.7 Å². The lowest BCUT2D eigenvalue weighted by atomic mass is 9.89. The van der Waals surface area contributed by atoms with Gasteiger partial charge in [-0.2, -0.15) is 13.2 Å². The molecule has 2 fully saturated rings. The number of carboxylic acids is 1. The topological polar surface area (TPSA) is 102 Å². The molecule has 33 heavy (non-hydrogen) atoms. The Labute approximate surface area is 188 Å². The predicted molar refractivity (Wildman–Crippen MR) is 108 cm³/mol. The van der Waals surface area contributed by atoms with E-state index in [1.165, 1.54) is 0 Å². The van der Waals surface area contributed by atoms with E-state index in [0.29, 0.717) is 31.9 Å². The number of halogens is 3. The molecule has 0 aliphatic carbocycles. The van der Waals surface area contributed by atoms with Gasteiger partial charge in [0.15, 0.2) is 0 Å². The van der Waals surface area contributed by atoms with Gasteiger partial charge in [0.05, 0.1) is 43.3 Å². The van der Waals surface area contributed by atoms with Crippen LogP contribution in [0.5, 0.6) is 0 Å². The zero-order valence-corrected chi connectivity index (χ0v) is 17.8. The fourth-order valence-corrected chi connectivity index (χ4v) is 3.87. The van der Waals surface area contributed by atoms with Crippen LogP contribution >= 0.6 is 0 Å². The zero-order valence-electron chi connectivity index (χ0n) is 17.8. The highest BCUT2D eigenvalue weighted by atomic mass is 19.4. The highest BCUT2D eigenvalue weighted by Crippen LogP contribution is 2.36. The van der Waals surface area contributed by atoms with Crippen LogP contribution in [-0.4, -0.2) is 64.4 Å². The van der Waals surface area contributed by atoms with Gasteiger partial charge in [-0.15, -0.1) is 0 Å². The van der Waals surface area contributed by atoms with E-state index in [1.807, 2.05) is 35.2 Å². The molecule has 0 aromatic carbocycles. The van der Waals surface area contributed by atoms with Crippen LogP contribution in [0.1, 0.15) is 30.7 Å². The second kappa shape index (κ2) is 10.8. The van der Waals surface area contributed by atoms with Gasteiger partial charge in [-0.05, 0) is 37.1 Å². The molecular formula is C22H25F3N2O6. The van der Waals surface area contributed by atoms with Gasteiger partial charge in [0.25, 0.3) is 0 Å². The summed E-state index contributed by atoms with van der Waals surface area (Å²) in [6.45, 7) is 2.49. The number of aliphatic carboxylic acids is 1. The fourth-order valence-electron chi connectivity index (χ4n) is 3.87. The Kier molecular flexibility index (Phi) is 8.09. The number of rotatable bonds is 5. The average Bonchev–Trinajstić information content (AvgIpc) is 3.43. The summed E-state index contributed by atoms with van der Waals surface area (Å²) in [5, 5.41) is 7.12. The number of ether oxygens (including phenoxy) is 2. The Bertz CT molecular complexity index is 907. The number of hydrogen-bond donors (Lipinski definition) is 1. The van der Waals surface area contributed by atoms with E-state index in [0.717, 1.165) is 31.5 Å². The van der Waals surface area contributed by atoms with Gasteiger partial charge in [0.2, 0.25) is 5.91 Å². The molecule has 2 aliphatic rings. The first-order valence-corrected chi connectivity index (χ1v) is 10.4. The number of hydrogen-bond acceptors (Lipinski definition) is 6. The second-order valence-electron chi connectivity index (χ2n) is 7.93. The number of pyridine rings is 1. The number of carboxylic acid groups (broad SMARTS) is 1. The molecule has 0 unspecified atom stereocenters. The minimum atomic E-state index is -5.08. The molecule has 8 nitrogen and oxygen atoms in total. The molecule has 1 N–H and O–H groups in total. The fraction of sp³-hybridized carbons (Fsp3) is 0.500. The van der Waals surface area contributed by atoms with Crippen LogP contribution in [0, 0.1) is 0 Å². The van der Waals surface area contributed by atoms with Crippen LogP contribution in [0.2, 0.25) is 0 Å². The molecule has 2 aromatic rings. The lowest BCUT2D eigenvalue weighted by molar-refractivity contribution is -0.192. The molecule has 11 heteroatoms. The second-order valence-corrected chi connectivity index (χ2v) is 7.93. The average molecular weight is 470 g/mol. The van der Waals surface area contributed by atoms with Crippen molar-refractivity contribution >= 4 is 11.9 Å². The molecule has 0 bridgehead atoms. The Morgan fingerprint density at radius 3 is 2.70 bits per heavy atom. The lowest BCUT2D eigenvalue weighted by Crippen LogP contribution is -2.50. The summed E-state index contributed by atoms with van der Waals surface area (Å²) in [5.41, 5.74) is 0.652. The number of aromatic nitrogens is 1. The Morgan fingerprint density at radius 1 is 1.27 bits per heavy atom. The molecule has 2 aromatic heterocycles. The molecule has 0 saturated carbocycles.